The number of anilines is 1. The summed E-state index contributed by atoms with van der Waals surface area (Å²) in [5.41, 5.74) is 10.2. The Hall–Kier alpha value is -2.18. The summed E-state index contributed by atoms with van der Waals surface area (Å²) in [5.74, 6) is 0.538. The molecule has 2 heterocycles. The van der Waals surface area contributed by atoms with Crippen molar-refractivity contribution in [2.75, 3.05) is 5.73 Å². The molecule has 0 fully saturated rings. The highest BCUT2D eigenvalue weighted by molar-refractivity contribution is 5.61. The number of nitrogens with two attached hydrogens (primary N) is 1. The fourth-order valence-corrected chi connectivity index (χ4v) is 2.10. The van der Waals surface area contributed by atoms with E-state index in [4.69, 9.17) is 5.73 Å². The quantitative estimate of drug-likeness (QED) is 0.870. The van der Waals surface area contributed by atoms with Crippen molar-refractivity contribution in [3.63, 3.8) is 0 Å². The molecular formula is C13H21N7. The summed E-state index contributed by atoms with van der Waals surface area (Å²) in [5, 5.41) is 17.3. The minimum atomic E-state index is 0.538. The fraction of sp³-hybridized carbons (Fsp3) is 0.538. The lowest BCUT2D eigenvalue weighted by atomic mass is 10.2. The highest BCUT2D eigenvalue weighted by Crippen LogP contribution is 2.31. The van der Waals surface area contributed by atoms with E-state index >= 15 is 0 Å². The van der Waals surface area contributed by atoms with Crippen molar-refractivity contribution in [3.8, 4) is 0 Å². The van der Waals surface area contributed by atoms with E-state index in [0.717, 1.165) is 35.6 Å². The zero-order valence-electron chi connectivity index (χ0n) is 12.7. The van der Waals surface area contributed by atoms with Crippen LogP contribution in [0.2, 0.25) is 0 Å². The number of hydrogen-bond acceptors (Lipinski definition) is 5. The maximum atomic E-state index is 6.01. The van der Waals surface area contributed by atoms with E-state index in [1.807, 2.05) is 27.9 Å². The molecule has 7 heteroatoms. The van der Waals surface area contributed by atoms with E-state index in [1.165, 1.54) is 0 Å². The molecule has 2 rings (SSSR count). The standard InChI is InChI=1S/C13H21N7/c1-6-7-10-12(13(14)20(5)18-10)16-15-11-8(2)17-19(4)9(11)3/h6-7,14H2,1-5H3/b16-15+. The van der Waals surface area contributed by atoms with Gasteiger partial charge in [-0.05, 0) is 20.3 Å². The van der Waals surface area contributed by atoms with Crippen molar-refractivity contribution in [2.24, 2.45) is 24.3 Å². The Morgan fingerprint density at radius 3 is 2.25 bits per heavy atom. The van der Waals surface area contributed by atoms with Crippen molar-refractivity contribution < 1.29 is 0 Å². The average Bonchev–Trinajstić information content (AvgIpc) is 2.79. The van der Waals surface area contributed by atoms with Crippen LogP contribution in [0, 0.1) is 13.8 Å². The lowest BCUT2D eigenvalue weighted by Gasteiger charge is -1.96. The third-order valence-electron chi connectivity index (χ3n) is 3.34. The Labute approximate surface area is 118 Å². The molecule has 2 aromatic heterocycles. The van der Waals surface area contributed by atoms with E-state index in [2.05, 4.69) is 27.3 Å². The molecular weight excluding hydrogens is 254 g/mol. The van der Waals surface area contributed by atoms with Gasteiger partial charge >= 0.3 is 0 Å². The first-order chi connectivity index (χ1) is 9.45. The zero-order chi connectivity index (χ0) is 14.9. The Kier molecular flexibility index (Phi) is 3.87. The van der Waals surface area contributed by atoms with Crippen molar-refractivity contribution in [3.05, 3.63) is 17.1 Å². The van der Waals surface area contributed by atoms with E-state index in [9.17, 15) is 0 Å². The summed E-state index contributed by atoms with van der Waals surface area (Å²) in [6.07, 6.45) is 1.83. The fourth-order valence-electron chi connectivity index (χ4n) is 2.10. The van der Waals surface area contributed by atoms with Gasteiger partial charge in [-0.2, -0.15) is 10.2 Å². The molecule has 2 N–H and O–H groups in total. The molecule has 0 unspecified atom stereocenters. The molecule has 0 aliphatic heterocycles. The molecule has 0 atom stereocenters. The van der Waals surface area contributed by atoms with Crippen LogP contribution in [0.15, 0.2) is 10.2 Å². The van der Waals surface area contributed by atoms with Gasteiger partial charge in [-0.3, -0.25) is 9.36 Å². The maximum absolute atomic E-state index is 6.01. The number of aromatic nitrogens is 4. The third-order valence-corrected chi connectivity index (χ3v) is 3.34. The number of nitrogens with zero attached hydrogens (tertiary/aromatic N) is 6. The monoisotopic (exact) mass is 275 g/mol. The number of azo groups is 1. The highest BCUT2D eigenvalue weighted by Gasteiger charge is 2.14. The predicted molar refractivity (Wildman–Crippen MR) is 78.5 cm³/mol. The van der Waals surface area contributed by atoms with Gasteiger partial charge < -0.3 is 5.73 Å². The third kappa shape index (κ3) is 2.43. The van der Waals surface area contributed by atoms with Gasteiger partial charge in [0.25, 0.3) is 0 Å². The van der Waals surface area contributed by atoms with Crippen LogP contribution < -0.4 is 5.73 Å². The molecule has 0 aromatic carbocycles. The minimum absolute atomic E-state index is 0.538. The van der Waals surface area contributed by atoms with Gasteiger partial charge in [0.2, 0.25) is 0 Å². The van der Waals surface area contributed by atoms with Crippen LogP contribution in [0.5, 0.6) is 0 Å². The minimum Gasteiger partial charge on any atom is -0.382 e. The summed E-state index contributed by atoms with van der Waals surface area (Å²) < 4.78 is 3.44. The molecule has 0 aliphatic carbocycles. The predicted octanol–water partition coefficient (Wildman–Crippen LogP) is 2.72. The smallest absolute Gasteiger partial charge is 0.151 e. The van der Waals surface area contributed by atoms with Crippen LogP contribution in [0.1, 0.15) is 30.4 Å². The topological polar surface area (TPSA) is 86.4 Å². The SMILES string of the molecule is CCCc1nn(C)c(N)c1/N=N/c1c(C)nn(C)c1C. The lowest BCUT2D eigenvalue weighted by molar-refractivity contribution is 0.731. The van der Waals surface area contributed by atoms with Crippen LogP contribution >= 0.6 is 0 Å². The Morgan fingerprint density at radius 1 is 1.05 bits per heavy atom. The molecule has 20 heavy (non-hydrogen) atoms. The number of nitrogen functional groups attached to an aromatic ring is 1. The van der Waals surface area contributed by atoms with E-state index < -0.39 is 0 Å². The normalized spacial score (nSPS) is 11.7. The first-order valence-electron chi connectivity index (χ1n) is 6.69. The zero-order valence-corrected chi connectivity index (χ0v) is 12.7. The second kappa shape index (κ2) is 5.44. The van der Waals surface area contributed by atoms with Gasteiger partial charge in [0.05, 0.1) is 17.1 Å². The molecule has 7 nitrogen and oxygen atoms in total. The van der Waals surface area contributed by atoms with Crippen LogP contribution in [0.25, 0.3) is 0 Å². The van der Waals surface area contributed by atoms with Crippen molar-refractivity contribution in [1.29, 1.82) is 0 Å². The molecule has 0 radical (unpaired) electrons. The molecule has 0 spiro atoms. The summed E-state index contributed by atoms with van der Waals surface area (Å²) in [6, 6.07) is 0. The molecule has 0 aliphatic rings. The number of hydrogen-bond donors (Lipinski definition) is 1. The Balaban J connectivity index is 2.41. The molecule has 0 amide bonds. The van der Waals surface area contributed by atoms with Crippen LogP contribution in [0.4, 0.5) is 17.2 Å². The molecule has 0 bridgehead atoms. The van der Waals surface area contributed by atoms with Gasteiger partial charge in [-0.25, -0.2) is 0 Å². The Morgan fingerprint density at radius 2 is 1.70 bits per heavy atom. The van der Waals surface area contributed by atoms with E-state index in [-0.39, 0.29) is 0 Å². The van der Waals surface area contributed by atoms with Gasteiger partial charge in [0.1, 0.15) is 11.5 Å². The summed E-state index contributed by atoms with van der Waals surface area (Å²) >= 11 is 0. The number of rotatable bonds is 4. The van der Waals surface area contributed by atoms with E-state index in [1.54, 1.807) is 9.36 Å². The van der Waals surface area contributed by atoms with Crippen molar-refractivity contribution in [2.45, 2.75) is 33.6 Å². The van der Waals surface area contributed by atoms with E-state index in [0.29, 0.717) is 11.5 Å². The lowest BCUT2D eigenvalue weighted by Crippen LogP contribution is -1.97. The van der Waals surface area contributed by atoms with Crippen LogP contribution in [0.3, 0.4) is 0 Å². The second-order valence-electron chi connectivity index (χ2n) is 4.90. The van der Waals surface area contributed by atoms with Gasteiger partial charge in [-0.1, -0.05) is 13.3 Å². The van der Waals surface area contributed by atoms with Gasteiger partial charge in [0, 0.05) is 14.1 Å². The van der Waals surface area contributed by atoms with Crippen LogP contribution in [-0.2, 0) is 20.5 Å². The van der Waals surface area contributed by atoms with Gasteiger partial charge in [-0.15, -0.1) is 10.2 Å². The molecule has 0 saturated heterocycles. The molecule has 2 aromatic rings. The maximum Gasteiger partial charge on any atom is 0.151 e. The Bertz CT molecular complexity index is 648. The molecule has 108 valence electrons. The summed E-state index contributed by atoms with van der Waals surface area (Å²) in [6.45, 7) is 5.98. The molecule has 0 saturated carbocycles. The van der Waals surface area contributed by atoms with Gasteiger partial charge in [0.15, 0.2) is 5.69 Å². The largest absolute Gasteiger partial charge is 0.382 e. The second-order valence-corrected chi connectivity index (χ2v) is 4.90. The highest BCUT2D eigenvalue weighted by atomic mass is 15.3. The first-order valence-corrected chi connectivity index (χ1v) is 6.69. The summed E-state index contributed by atoms with van der Waals surface area (Å²) in [4.78, 5) is 0. The van der Waals surface area contributed by atoms with Crippen molar-refractivity contribution in [1.82, 2.24) is 19.6 Å². The first kappa shape index (κ1) is 14.2. The number of aryl methyl sites for hydroxylation is 4. The summed E-state index contributed by atoms with van der Waals surface area (Å²) in [7, 11) is 3.70. The average molecular weight is 275 g/mol. The van der Waals surface area contributed by atoms with Crippen LogP contribution in [-0.4, -0.2) is 19.6 Å². The van der Waals surface area contributed by atoms with Crippen molar-refractivity contribution >= 4 is 17.2 Å².